The summed E-state index contributed by atoms with van der Waals surface area (Å²) in [5.74, 6) is 0.0358. The van der Waals surface area contributed by atoms with Crippen molar-refractivity contribution < 1.29 is 4.79 Å². The van der Waals surface area contributed by atoms with Gasteiger partial charge in [0.2, 0.25) is 5.91 Å². The van der Waals surface area contributed by atoms with Crippen LogP contribution in [0.15, 0.2) is 53.4 Å². The number of aryl methyl sites for hydroxylation is 1. The van der Waals surface area contributed by atoms with Crippen LogP contribution in [0.4, 0.5) is 11.4 Å². The second-order valence-corrected chi connectivity index (χ2v) is 6.16. The maximum absolute atomic E-state index is 12.4. The Morgan fingerprint density at radius 3 is 2.48 bits per heavy atom. The molecule has 0 aliphatic rings. The van der Waals surface area contributed by atoms with Gasteiger partial charge in [0.15, 0.2) is 0 Å². The van der Waals surface area contributed by atoms with Gasteiger partial charge in [-0.2, -0.15) is 0 Å². The molecule has 3 nitrogen and oxygen atoms in total. The fourth-order valence-corrected chi connectivity index (χ4v) is 2.91. The van der Waals surface area contributed by atoms with Crippen LogP contribution in [0.5, 0.6) is 0 Å². The number of hydrogen-bond donors (Lipinski definition) is 2. The lowest BCUT2D eigenvalue weighted by Gasteiger charge is -2.16. The first-order valence-electron chi connectivity index (χ1n) is 6.99. The van der Waals surface area contributed by atoms with E-state index in [1.165, 1.54) is 0 Å². The summed E-state index contributed by atoms with van der Waals surface area (Å²) in [6.07, 6.45) is 0.771. The number of hydrogen-bond acceptors (Lipinski definition) is 3. The Hall–Kier alpha value is -1.94. The highest BCUT2D eigenvalue weighted by atomic mass is 32.2. The minimum Gasteiger partial charge on any atom is -0.399 e. The molecular formula is C17H20N2OS. The number of nitrogens with two attached hydrogens (primary N) is 1. The maximum atomic E-state index is 12.4. The number of nitrogen functional groups attached to an aromatic ring is 1. The molecule has 0 spiro atoms. The molecule has 0 heterocycles. The Morgan fingerprint density at radius 1 is 1.19 bits per heavy atom. The van der Waals surface area contributed by atoms with Crippen molar-refractivity contribution in [3.63, 3.8) is 0 Å². The SMILES string of the molecule is CCC(Sc1ccc(N)cc1)C(=O)Nc1ccccc1C. The molecule has 0 fully saturated rings. The highest BCUT2D eigenvalue weighted by Crippen LogP contribution is 2.27. The third-order valence-corrected chi connectivity index (χ3v) is 4.60. The van der Waals surface area contributed by atoms with Crippen LogP contribution in [0.3, 0.4) is 0 Å². The van der Waals surface area contributed by atoms with Crippen LogP contribution in [0.25, 0.3) is 0 Å². The predicted molar refractivity (Wildman–Crippen MR) is 90.6 cm³/mol. The molecule has 0 radical (unpaired) electrons. The molecule has 110 valence electrons. The van der Waals surface area contributed by atoms with Crippen LogP contribution < -0.4 is 11.1 Å². The number of carbonyl (C=O) groups excluding carboxylic acids is 1. The number of thioether (sulfide) groups is 1. The number of anilines is 2. The molecule has 0 saturated carbocycles. The summed E-state index contributed by atoms with van der Waals surface area (Å²) >= 11 is 1.56. The fraction of sp³-hybridized carbons (Fsp3) is 0.235. The zero-order valence-corrected chi connectivity index (χ0v) is 13.1. The van der Waals surface area contributed by atoms with Crippen molar-refractivity contribution in [1.29, 1.82) is 0 Å². The van der Waals surface area contributed by atoms with Crippen LogP contribution in [0.2, 0.25) is 0 Å². The largest absolute Gasteiger partial charge is 0.399 e. The molecule has 2 aromatic carbocycles. The summed E-state index contributed by atoms with van der Waals surface area (Å²) in [5, 5.41) is 2.89. The predicted octanol–water partition coefficient (Wildman–Crippen LogP) is 4.09. The van der Waals surface area contributed by atoms with Gasteiger partial charge in [-0.05, 0) is 49.2 Å². The third-order valence-electron chi connectivity index (χ3n) is 3.22. The van der Waals surface area contributed by atoms with E-state index in [1.54, 1.807) is 11.8 Å². The lowest BCUT2D eigenvalue weighted by molar-refractivity contribution is -0.115. The molecule has 0 aromatic heterocycles. The van der Waals surface area contributed by atoms with Crippen molar-refractivity contribution in [2.24, 2.45) is 0 Å². The molecule has 0 bridgehead atoms. The molecule has 3 N–H and O–H groups in total. The minimum atomic E-state index is -0.117. The summed E-state index contributed by atoms with van der Waals surface area (Å²) in [5.41, 5.74) is 8.35. The lowest BCUT2D eigenvalue weighted by atomic mass is 10.2. The first-order valence-corrected chi connectivity index (χ1v) is 7.87. The van der Waals surface area contributed by atoms with Gasteiger partial charge in [0, 0.05) is 16.3 Å². The Labute approximate surface area is 129 Å². The molecule has 2 aromatic rings. The number of amides is 1. The second-order valence-electron chi connectivity index (χ2n) is 4.89. The number of benzene rings is 2. The van der Waals surface area contributed by atoms with Gasteiger partial charge in [-0.25, -0.2) is 0 Å². The first-order chi connectivity index (χ1) is 10.1. The molecular weight excluding hydrogens is 280 g/mol. The zero-order chi connectivity index (χ0) is 15.2. The Morgan fingerprint density at radius 2 is 1.86 bits per heavy atom. The third kappa shape index (κ3) is 4.26. The molecule has 4 heteroatoms. The van der Waals surface area contributed by atoms with E-state index in [4.69, 9.17) is 5.73 Å². The van der Waals surface area contributed by atoms with Crippen molar-refractivity contribution in [3.05, 3.63) is 54.1 Å². The fourth-order valence-electron chi connectivity index (χ4n) is 1.96. The highest BCUT2D eigenvalue weighted by Gasteiger charge is 2.18. The maximum Gasteiger partial charge on any atom is 0.237 e. The van der Waals surface area contributed by atoms with E-state index in [0.717, 1.165) is 28.3 Å². The molecule has 1 amide bonds. The molecule has 1 unspecified atom stereocenters. The van der Waals surface area contributed by atoms with E-state index in [-0.39, 0.29) is 11.2 Å². The summed E-state index contributed by atoms with van der Waals surface area (Å²) in [6, 6.07) is 15.4. The van der Waals surface area contributed by atoms with Crippen LogP contribution in [-0.2, 0) is 4.79 Å². The monoisotopic (exact) mass is 300 g/mol. The van der Waals surface area contributed by atoms with Crippen molar-refractivity contribution >= 4 is 29.0 Å². The van der Waals surface area contributed by atoms with Gasteiger partial charge < -0.3 is 11.1 Å². The number of rotatable bonds is 5. The molecule has 21 heavy (non-hydrogen) atoms. The van der Waals surface area contributed by atoms with Gasteiger partial charge in [0.1, 0.15) is 0 Å². The summed E-state index contributed by atoms with van der Waals surface area (Å²) in [7, 11) is 0. The van der Waals surface area contributed by atoms with Crippen LogP contribution in [-0.4, -0.2) is 11.2 Å². The average molecular weight is 300 g/mol. The smallest absolute Gasteiger partial charge is 0.237 e. The summed E-state index contributed by atoms with van der Waals surface area (Å²) in [4.78, 5) is 13.5. The average Bonchev–Trinajstić information content (AvgIpc) is 2.49. The first kappa shape index (κ1) is 15.4. The van der Waals surface area contributed by atoms with Crippen molar-refractivity contribution in [1.82, 2.24) is 0 Å². The Kier molecular flexibility index (Phi) is 5.28. The van der Waals surface area contributed by atoms with E-state index < -0.39 is 0 Å². The second kappa shape index (κ2) is 7.18. The van der Waals surface area contributed by atoms with Gasteiger partial charge >= 0.3 is 0 Å². The van der Waals surface area contributed by atoms with Gasteiger partial charge in [-0.1, -0.05) is 25.1 Å². The van der Waals surface area contributed by atoms with Crippen LogP contribution in [0.1, 0.15) is 18.9 Å². The van der Waals surface area contributed by atoms with Gasteiger partial charge in [-0.3, -0.25) is 4.79 Å². The van der Waals surface area contributed by atoms with E-state index in [2.05, 4.69) is 5.32 Å². The Balaban J connectivity index is 2.05. The zero-order valence-electron chi connectivity index (χ0n) is 12.3. The topological polar surface area (TPSA) is 55.1 Å². The minimum absolute atomic E-state index is 0.0358. The van der Waals surface area contributed by atoms with Crippen LogP contribution in [0, 0.1) is 6.92 Å². The quantitative estimate of drug-likeness (QED) is 0.646. The van der Waals surface area contributed by atoms with E-state index in [1.807, 2.05) is 62.4 Å². The standard InChI is InChI=1S/C17H20N2OS/c1-3-16(21-14-10-8-13(18)9-11-14)17(20)19-15-7-5-4-6-12(15)2/h4-11,16H,3,18H2,1-2H3,(H,19,20). The molecule has 0 saturated heterocycles. The van der Waals surface area contributed by atoms with Crippen molar-refractivity contribution in [3.8, 4) is 0 Å². The lowest BCUT2D eigenvalue weighted by Crippen LogP contribution is -2.24. The van der Waals surface area contributed by atoms with E-state index in [0.29, 0.717) is 0 Å². The van der Waals surface area contributed by atoms with Crippen LogP contribution >= 0.6 is 11.8 Å². The molecule has 0 aliphatic carbocycles. The number of nitrogens with one attached hydrogen (secondary N) is 1. The van der Waals surface area contributed by atoms with E-state index in [9.17, 15) is 4.79 Å². The number of carbonyl (C=O) groups is 1. The highest BCUT2D eigenvalue weighted by molar-refractivity contribution is 8.00. The summed E-state index contributed by atoms with van der Waals surface area (Å²) in [6.45, 7) is 4.01. The van der Waals surface area contributed by atoms with Crippen molar-refractivity contribution in [2.75, 3.05) is 11.1 Å². The molecule has 0 aliphatic heterocycles. The van der Waals surface area contributed by atoms with Gasteiger partial charge in [0.05, 0.1) is 5.25 Å². The normalized spacial score (nSPS) is 11.9. The van der Waals surface area contributed by atoms with Crippen molar-refractivity contribution in [2.45, 2.75) is 30.4 Å². The van der Waals surface area contributed by atoms with E-state index >= 15 is 0 Å². The Bertz CT molecular complexity index is 610. The number of para-hydroxylation sites is 1. The van der Waals surface area contributed by atoms with Gasteiger partial charge in [-0.15, -0.1) is 11.8 Å². The molecule has 1 atom stereocenters. The molecule has 2 rings (SSSR count). The summed E-state index contributed by atoms with van der Waals surface area (Å²) < 4.78 is 0. The van der Waals surface area contributed by atoms with Gasteiger partial charge in [0.25, 0.3) is 0 Å².